The lowest BCUT2D eigenvalue weighted by molar-refractivity contribution is -0.131. The van der Waals surface area contributed by atoms with Gasteiger partial charge in [-0.3, -0.25) is 4.79 Å². The van der Waals surface area contributed by atoms with Gasteiger partial charge in [0.2, 0.25) is 5.91 Å². The fourth-order valence-electron chi connectivity index (χ4n) is 3.45. The summed E-state index contributed by atoms with van der Waals surface area (Å²) in [5.74, 6) is 1.53. The van der Waals surface area contributed by atoms with Crippen molar-refractivity contribution in [2.75, 3.05) is 26.1 Å². The SMILES string of the molecule is COc1ccc(OC)c(Nc2nc(CC(=O)N3CCc4ccccc4C3)cs2)c1. The second-order valence-corrected chi connectivity index (χ2v) is 7.70. The molecule has 1 aromatic heterocycles. The van der Waals surface area contributed by atoms with Gasteiger partial charge in [-0.15, -0.1) is 11.3 Å². The van der Waals surface area contributed by atoms with Crippen molar-refractivity contribution in [2.24, 2.45) is 0 Å². The van der Waals surface area contributed by atoms with E-state index < -0.39 is 0 Å². The number of ether oxygens (including phenoxy) is 2. The minimum Gasteiger partial charge on any atom is -0.497 e. The molecule has 0 saturated heterocycles. The largest absolute Gasteiger partial charge is 0.497 e. The molecule has 0 saturated carbocycles. The lowest BCUT2D eigenvalue weighted by Crippen LogP contribution is -2.36. The van der Waals surface area contributed by atoms with Crippen LogP contribution in [0.4, 0.5) is 10.8 Å². The smallest absolute Gasteiger partial charge is 0.228 e. The average molecular weight is 410 g/mol. The molecule has 1 aliphatic heterocycles. The number of nitrogens with one attached hydrogen (secondary N) is 1. The minimum atomic E-state index is 0.107. The molecule has 2 aromatic carbocycles. The molecule has 0 radical (unpaired) electrons. The zero-order valence-electron chi connectivity index (χ0n) is 16.5. The Morgan fingerprint density at radius 3 is 2.79 bits per heavy atom. The van der Waals surface area contributed by atoms with Crippen LogP contribution in [-0.4, -0.2) is 36.6 Å². The van der Waals surface area contributed by atoms with E-state index in [0.29, 0.717) is 23.8 Å². The monoisotopic (exact) mass is 409 g/mol. The number of rotatable bonds is 6. The molecule has 29 heavy (non-hydrogen) atoms. The number of benzene rings is 2. The number of methoxy groups -OCH3 is 2. The van der Waals surface area contributed by atoms with Gasteiger partial charge in [-0.2, -0.15) is 0 Å². The van der Waals surface area contributed by atoms with E-state index in [-0.39, 0.29) is 5.91 Å². The second-order valence-electron chi connectivity index (χ2n) is 6.85. The molecule has 0 aliphatic carbocycles. The summed E-state index contributed by atoms with van der Waals surface area (Å²) >= 11 is 1.46. The maximum absolute atomic E-state index is 12.8. The summed E-state index contributed by atoms with van der Waals surface area (Å²) in [6.07, 6.45) is 1.21. The standard InChI is InChI=1S/C22H23N3O3S/c1-27-18-7-8-20(28-2)19(12-18)24-22-23-17(14-29-22)11-21(26)25-10-9-15-5-3-4-6-16(15)13-25/h3-8,12,14H,9-11,13H2,1-2H3,(H,23,24). The second kappa shape index (κ2) is 8.53. The maximum Gasteiger partial charge on any atom is 0.228 e. The highest BCUT2D eigenvalue weighted by atomic mass is 32.1. The predicted octanol–water partition coefficient (Wildman–Crippen LogP) is 4.03. The fourth-order valence-corrected chi connectivity index (χ4v) is 4.17. The molecule has 0 fully saturated rings. The molecule has 0 spiro atoms. The van der Waals surface area contributed by atoms with E-state index in [1.807, 2.05) is 34.5 Å². The Balaban J connectivity index is 1.42. The summed E-state index contributed by atoms with van der Waals surface area (Å²) in [6.45, 7) is 1.43. The van der Waals surface area contributed by atoms with Gasteiger partial charge in [0.1, 0.15) is 11.5 Å². The van der Waals surface area contributed by atoms with Crippen molar-refractivity contribution >= 4 is 28.1 Å². The number of anilines is 2. The molecule has 0 bridgehead atoms. The number of thiazole rings is 1. The molecule has 150 valence electrons. The minimum absolute atomic E-state index is 0.107. The molecule has 6 nitrogen and oxygen atoms in total. The van der Waals surface area contributed by atoms with Gasteiger partial charge in [-0.25, -0.2) is 4.98 Å². The molecule has 1 amide bonds. The maximum atomic E-state index is 12.8. The van der Waals surface area contributed by atoms with Crippen LogP contribution in [0.5, 0.6) is 11.5 Å². The first-order chi connectivity index (χ1) is 14.2. The number of hydrogen-bond acceptors (Lipinski definition) is 6. The summed E-state index contributed by atoms with van der Waals surface area (Å²) in [5, 5.41) is 5.89. The van der Waals surface area contributed by atoms with Crippen molar-refractivity contribution in [1.82, 2.24) is 9.88 Å². The van der Waals surface area contributed by atoms with Crippen molar-refractivity contribution in [3.8, 4) is 11.5 Å². The van der Waals surface area contributed by atoms with Crippen LogP contribution in [0.3, 0.4) is 0 Å². The normalized spacial score (nSPS) is 13.0. The number of fused-ring (bicyclic) bond motifs is 1. The van der Waals surface area contributed by atoms with Gasteiger partial charge in [0.15, 0.2) is 5.13 Å². The highest BCUT2D eigenvalue weighted by Gasteiger charge is 2.21. The van der Waals surface area contributed by atoms with Crippen LogP contribution in [0, 0.1) is 0 Å². The first-order valence-electron chi connectivity index (χ1n) is 9.44. The van der Waals surface area contributed by atoms with Gasteiger partial charge in [-0.1, -0.05) is 24.3 Å². The van der Waals surface area contributed by atoms with Crippen LogP contribution in [0.25, 0.3) is 0 Å². The molecular formula is C22H23N3O3S. The number of nitrogens with zero attached hydrogens (tertiary/aromatic N) is 2. The molecule has 2 heterocycles. The van der Waals surface area contributed by atoms with Gasteiger partial charge in [0.25, 0.3) is 0 Å². The third-order valence-corrected chi connectivity index (χ3v) is 5.82. The molecule has 0 unspecified atom stereocenters. The van der Waals surface area contributed by atoms with Crippen LogP contribution in [0.1, 0.15) is 16.8 Å². The lowest BCUT2D eigenvalue weighted by atomic mass is 10.00. The number of aromatic nitrogens is 1. The number of hydrogen-bond donors (Lipinski definition) is 1. The molecule has 7 heteroatoms. The first-order valence-corrected chi connectivity index (χ1v) is 10.3. The lowest BCUT2D eigenvalue weighted by Gasteiger charge is -2.28. The van der Waals surface area contributed by atoms with Crippen molar-refractivity contribution in [3.05, 3.63) is 64.7 Å². The van der Waals surface area contributed by atoms with E-state index in [1.54, 1.807) is 14.2 Å². The Kier molecular flexibility index (Phi) is 5.67. The summed E-state index contributed by atoms with van der Waals surface area (Å²) in [7, 11) is 3.24. The third-order valence-electron chi connectivity index (χ3n) is 5.02. The van der Waals surface area contributed by atoms with Crippen LogP contribution in [0.2, 0.25) is 0 Å². The van der Waals surface area contributed by atoms with Gasteiger partial charge in [0, 0.05) is 24.5 Å². The van der Waals surface area contributed by atoms with Gasteiger partial charge < -0.3 is 19.7 Å². The third kappa shape index (κ3) is 4.35. The van der Waals surface area contributed by atoms with E-state index >= 15 is 0 Å². The fraction of sp³-hybridized carbons (Fsp3) is 0.273. The number of amides is 1. The van der Waals surface area contributed by atoms with E-state index in [0.717, 1.165) is 30.1 Å². The summed E-state index contributed by atoms with van der Waals surface area (Å²) in [6, 6.07) is 13.9. The predicted molar refractivity (Wildman–Crippen MR) is 114 cm³/mol. The van der Waals surface area contributed by atoms with Crippen molar-refractivity contribution < 1.29 is 14.3 Å². The van der Waals surface area contributed by atoms with Crippen LogP contribution in [-0.2, 0) is 24.2 Å². The molecule has 1 aliphatic rings. The Labute approximate surface area is 174 Å². The zero-order chi connectivity index (χ0) is 20.2. The van der Waals surface area contributed by atoms with Crippen molar-refractivity contribution in [3.63, 3.8) is 0 Å². The summed E-state index contributed by atoms with van der Waals surface area (Å²) < 4.78 is 10.7. The average Bonchev–Trinajstić information content (AvgIpc) is 3.19. The van der Waals surface area contributed by atoms with Crippen molar-refractivity contribution in [1.29, 1.82) is 0 Å². The summed E-state index contributed by atoms with van der Waals surface area (Å²) in [5.41, 5.74) is 4.11. The molecular weight excluding hydrogens is 386 g/mol. The van der Waals surface area contributed by atoms with E-state index in [1.165, 1.54) is 22.5 Å². The topological polar surface area (TPSA) is 63.7 Å². The van der Waals surface area contributed by atoms with Crippen LogP contribution < -0.4 is 14.8 Å². The highest BCUT2D eigenvalue weighted by molar-refractivity contribution is 7.13. The van der Waals surface area contributed by atoms with Crippen LogP contribution >= 0.6 is 11.3 Å². The Morgan fingerprint density at radius 1 is 1.17 bits per heavy atom. The Morgan fingerprint density at radius 2 is 2.00 bits per heavy atom. The Bertz CT molecular complexity index is 1020. The quantitative estimate of drug-likeness (QED) is 0.666. The van der Waals surface area contributed by atoms with Gasteiger partial charge in [-0.05, 0) is 29.7 Å². The number of carbonyl (C=O) groups is 1. The van der Waals surface area contributed by atoms with Gasteiger partial charge >= 0.3 is 0 Å². The Hall–Kier alpha value is -3.06. The molecule has 3 aromatic rings. The highest BCUT2D eigenvalue weighted by Crippen LogP contribution is 2.32. The van der Waals surface area contributed by atoms with Crippen LogP contribution in [0.15, 0.2) is 47.8 Å². The molecule has 1 N–H and O–H groups in total. The van der Waals surface area contributed by atoms with E-state index in [2.05, 4.69) is 28.5 Å². The zero-order valence-corrected chi connectivity index (χ0v) is 17.3. The van der Waals surface area contributed by atoms with E-state index in [9.17, 15) is 4.79 Å². The number of carbonyl (C=O) groups excluding carboxylic acids is 1. The van der Waals surface area contributed by atoms with Crippen molar-refractivity contribution in [2.45, 2.75) is 19.4 Å². The summed E-state index contributed by atoms with van der Waals surface area (Å²) in [4.78, 5) is 19.3. The van der Waals surface area contributed by atoms with Gasteiger partial charge in [0.05, 0.1) is 32.0 Å². The first kappa shape index (κ1) is 19.3. The van der Waals surface area contributed by atoms with E-state index in [4.69, 9.17) is 9.47 Å². The molecule has 4 rings (SSSR count). The molecule has 0 atom stereocenters.